The van der Waals surface area contributed by atoms with Crippen molar-refractivity contribution in [3.8, 4) is 0 Å². The minimum atomic E-state index is -0.0278. The van der Waals surface area contributed by atoms with Crippen LogP contribution in [-0.4, -0.2) is 74.0 Å². The first-order chi connectivity index (χ1) is 17.0. The molecule has 0 saturated carbocycles. The third-order valence-corrected chi connectivity index (χ3v) is 5.73. The van der Waals surface area contributed by atoms with Crippen molar-refractivity contribution in [3.63, 3.8) is 0 Å². The van der Waals surface area contributed by atoms with Gasteiger partial charge >= 0.3 is 0 Å². The van der Waals surface area contributed by atoms with Crippen molar-refractivity contribution in [1.29, 1.82) is 0 Å². The molecule has 9 heteroatoms. The molecule has 3 rings (SSSR count). The van der Waals surface area contributed by atoms with Gasteiger partial charge in [0.05, 0.1) is 0 Å². The molecule has 0 spiro atoms. The molecule has 212 valence electrons. The van der Waals surface area contributed by atoms with E-state index in [2.05, 4.69) is 0 Å². The van der Waals surface area contributed by atoms with Gasteiger partial charge in [0, 0.05) is 56.1 Å². The van der Waals surface area contributed by atoms with Crippen molar-refractivity contribution in [1.82, 2.24) is 14.7 Å². The molecular weight excluding hydrogens is 478 g/mol. The zero-order valence-electron chi connectivity index (χ0n) is 25.0. The van der Waals surface area contributed by atoms with Gasteiger partial charge in [-0.3, -0.25) is 33.8 Å². The van der Waals surface area contributed by atoms with Crippen molar-refractivity contribution in [3.05, 3.63) is 0 Å². The van der Waals surface area contributed by atoms with Crippen LogP contribution in [0.3, 0.4) is 0 Å². The number of rotatable bonds is 3. The first-order valence-corrected chi connectivity index (χ1v) is 14.6. The van der Waals surface area contributed by atoms with E-state index in [9.17, 15) is 24.0 Å². The maximum atomic E-state index is 11.2. The van der Waals surface area contributed by atoms with E-state index in [0.717, 1.165) is 18.7 Å². The second-order valence-electron chi connectivity index (χ2n) is 8.26. The maximum Gasteiger partial charge on any atom is 0.281 e. The molecule has 0 unspecified atom stereocenters. The van der Waals surface area contributed by atoms with Gasteiger partial charge in [-0.2, -0.15) is 0 Å². The van der Waals surface area contributed by atoms with Crippen LogP contribution in [0.25, 0.3) is 0 Å². The summed E-state index contributed by atoms with van der Waals surface area (Å²) in [6.07, 6.45) is 2.59. The van der Waals surface area contributed by atoms with Crippen LogP contribution in [0.1, 0.15) is 115 Å². The van der Waals surface area contributed by atoms with Crippen LogP contribution < -0.4 is 0 Å². The van der Waals surface area contributed by atoms with Gasteiger partial charge < -0.3 is 4.90 Å². The van der Waals surface area contributed by atoms with Crippen molar-refractivity contribution < 1.29 is 24.0 Å². The number of imide groups is 2. The van der Waals surface area contributed by atoms with Gasteiger partial charge in [-0.15, -0.1) is 0 Å². The molecule has 3 fully saturated rings. The van der Waals surface area contributed by atoms with Crippen LogP contribution in [0.15, 0.2) is 0 Å². The zero-order valence-corrected chi connectivity index (χ0v) is 25.8. The largest absolute Gasteiger partial charge is 0.330 e. The van der Waals surface area contributed by atoms with E-state index in [4.69, 9.17) is 0 Å². The Kier molecular flexibility index (Phi) is 23.9. The van der Waals surface area contributed by atoms with Gasteiger partial charge in [0.15, 0.2) is 0 Å². The molecule has 0 radical (unpaired) electrons. The number of carbonyl (C=O) groups is 5. The Morgan fingerprint density at radius 2 is 0.889 bits per heavy atom. The molecule has 3 saturated heterocycles. The molecule has 36 heavy (non-hydrogen) atoms. The lowest BCUT2D eigenvalue weighted by molar-refractivity contribution is -0.150. The molecule has 3 aliphatic rings. The third kappa shape index (κ3) is 14.0. The number of likely N-dealkylation sites (tertiary alicyclic amines) is 2. The van der Waals surface area contributed by atoms with Gasteiger partial charge in [-0.1, -0.05) is 53.3 Å². The van der Waals surface area contributed by atoms with Gasteiger partial charge in [0.25, 0.3) is 5.24 Å². The molecule has 0 atom stereocenters. The first kappa shape index (κ1) is 38.6. The third-order valence-electron chi connectivity index (χ3n) is 4.86. The summed E-state index contributed by atoms with van der Waals surface area (Å²) in [5.74, 6) is 0.879. The van der Waals surface area contributed by atoms with Gasteiger partial charge in [0.1, 0.15) is 0 Å². The predicted molar refractivity (Wildman–Crippen MR) is 151 cm³/mol. The second kappa shape index (κ2) is 22.3. The van der Waals surface area contributed by atoms with E-state index in [1.807, 2.05) is 88.0 Å². The number of hydrogen-bond donors (Lipinski definition) is 0. The van der Waals surface area contributed by atoms with Crippen LogP contribution in [0, 0.1) is 0 Å². The van der Waals surface area contributed by atoms with Crippen LogP contribution in [0.2, 0.25) is 0 Å². The van der Waals surface area contributed by atoms with Crippen molar-refractivity contribution >= 4 is 40.6 Å². The number of piperidine rings is 1. The van der Waals surface area contributed by atoms with Crippen molar-refractivity contribution in [2.24, 2.45) is 0 Å². The second-order valence-corrected chi connectivity index (χ2v) is 9.30. The summed E-state index contributed by atoms with van der Waals surface area (Å²) < 4.78 is 0. The Hall–Kier alpha value is -1.90. The summed E-state index contributed by atoms with van der Waals surface area (Å²) in [7, 11) is 0. The molecule has 0 aromatic heterocycles. The zero-order chi connectivity index (χ0) is 29.0. The van der Waals surface area contributed by atoms with E-state index >= 15 is 0 Å². The summed E-state index contributed by atoms with van der Waals surface area (Å²) >= 11 is 1.42. The standard InChI is InChI=1S/C8H13NO2.C7H11NO2.C6H11NOS.3C2H6/c1-6(2)9-7(10)4-3-5-8(9)11;1-5(2)8-6(9)3-4-7(8)10;1-5(2)7-3-4-9-6(7)8;3*1-2/h6H,3-5H2,1-2H3;5H,3-4H2,1-2H3;5H,3-4H2,1-2H3;3*1-2H3. The Morgan fingerprint density at radius 3 is 1.08 bits per heavy atom. The summed E-state index contributed by atoms with van der Waals surface area (Å²) in [6.45, 7) is 24.4. The maximum absolute atomic E-state index is 11.2. The summed E-state index contributed by atoms with van der Waals surface area (Å²) in [4.78, 5) is 59.7. The fourth-order valence-corrected chi connectivity index (χ4v) is 4.32. The fraction of sp³-hybridized carbons (Fsp3) is 0.815. The topological polar surface area (TPSA) is 95.1 Å². The molecule has 0 aromatic rings. The van der Waals surface area contributed by atoms with E-state index in [1.165, 1.54) is 21.6 Å². The minimum Gasteiger partial charge on any atom is -0.330 e. The normalized spacial score (nSPS) is 16.9. The Labute approximate surface area is 224 Å². The molecule has 0 bridgehead atoms. The van der Waals surface area contributed by atoms with Crippen LogP contribution in [0.5, 0.6) is 0 Å². The summed E-state index contributed by atoms with van der Waals surface area (Å²) in [6, 6.07) is 0.435. The number of carbonyl (C=O) groups excluding carboxylic acids is 5. The molecule has 0 N–H and O–H groups in total. The molecule has 0 aliphatic carbocycles. The lowest BCUT2D eigenvalue weighted by Gasteiger charge is -2.28. The van der Waals surface area contributed by atoms with E-state index in [1.54, 1.807) is 0 Å². The highest BCUT2D eigenvalue weighted by Crippen LogP contribution is 2.19. The molecule has 5 amide bonds. The highest BCUT2D eigenvalue weighted by molar-refractivity contribution is 8.13. The highest BCUT2D eigenvalue weighted by atomic mass is 32.2. The number of hydrogen-bond acceptors (Lipinski definition) is 6. The van der Waals surface area contributed by atoms with Crippen molar-refractivity contribution in [2.75, 3.05) is 12.3 Å². The number of amides is 5. The van der Waals surface area contributed by atoms with E-state index in [0.29, 0.717) is 31.7 Å². The Morgan fingerprint density at radius 1 is 0.556 bits per heavy atom. The first-order valence-electron chi connectivity index (χ1n) is 13.6. The number of nitrogens with zero attached hydrogens (tertiary/aromatic N) is 3. The average molecular weight is 532 g/mol. The minimum absolute atomic E-state index is 0.0174. The smallest absolute Gasteiger partial charge is 0.281 e. The monoisotopic (exact) mass is 531 g/mol. The van der Waals surface area contributed by atoms with Crippen LogP contribution in [0.4, 0.5) is 4.79 Å². The fourth-order valence-electron chi connectivity index (χ4n) is 3.39. The predicted octanol–water partition coefficient (Wildman–Crippen LogP) is 6.12. The Balaban J connectivity index is -0.000000411. The van der Waals surface area contributed by atoms with Gasteiger partial charge in [-0.05, 0) is 48.0 Å². The van der Waals surface area contributed by atoms with E-state index < -0.39 is 0 Å². The van der Waals surface area contributed by atoms with E-state index in [-0.39, 0.29) is 41.0 Å². The quantitative estimate of drug-likeness (QED) is 0.407. The van der Waals surface area contributed by atoms with Crippen LogP contribution in [-0.2, 0) is 19.2 Å². The lowest BCUT2D eigenvalue weighted by Crippen LogP contribution is -2.44. The average Bonchev–Trinajstić information content (AvgIpc) is 3.43. The lowest BCUT2D eigenvalue weighted by atomic mass is 10.1. The number of thioether (sulfide) groups is 1. The summed E-state index contributed by atoms with van der Waals surface area (Å²) in [5.41, 5.74) is 0. The van der Waals surface area contributed by atoms with Crippen molar-refractivity contribution in [2.45, 2.75) is 133 Å². The Bertz CT molecular complexity index is 634. The SMILES string of the molecule is CC.CC.CC.CC(C)N1C(=O)CCC1=O.CC(C)N1C(=O)CCCC1=O.CC(C)N1CCSC1=O. The molecule has 3 heterocycles. The molecule has 3 aliphatic heterocycles. The molecular formula is C27H53N3O5S. The van der Waals surface area contributed by atoms with Gasteiger partial charge in [0.2, 0.25) is 23.6 Å². The van der Waals surface area contributed by atoms with Crippen LogP contribution >= 0.6 is 11.8 Å². The van der Waals surface area contributed by atoms with Gasteiger partial charge in [-0.25, -0.2) is 0 Å². The molecule has 8 nitrogen and oxygen atoms in total. The highest BCUT2D eigenvalue weighted by Gasteiger charge is 2.30. The summed E-state index contributed by atoms with van der Waals surface area (Å²) in [5, 5.41) is 0.241. The molecule has 0 aromatic carbocycles.